The Morgan fingerprint density at radius 3 is 2.93 bits per heavy atom. The van der Waals surface area contributed by atoms with E-state index in [-0.39, 0.29) is 23.3 Å². The lowest BCUT2D eigenvalue weighted by Crippen LogP contribution is -2.30. The highest BCUT2D eigenvalue weighted by atomic mass is 32.2. The fourth-order valence-electron chi connectivity index (χ4n) is 3.92. The van der Waals surface area contributed by atoms with Crippen LogP contribution in [-0.4, -0.2) is 52.9 Å². The number of aryl methyl sites for hydroxylation is 1. The third-order valence-corrected chi connectivity index (χ3v) is 7.72. The van der Waals surface area contributed by atoms with Gasteiger partial charge in [-0.05, 0) is 43.6 Å². The monoisotopic (exact) mass is 421 g/mol. The van der Waals surface area contributed by atoms with Gasteiger partial charge in [-0.1, -0.05) is 18.7 Å². The number of hydrogen-bond acceptors (Lipinski definition) is 6. The van der Waals surface area contributed by atoms with E-state index in [1.807, 2.05) is 0 Å². The Labute approximate surface area is 173 Å². The standard InChI is InChI=1S/C20H27N3O3S2/c1-12-6-7-14-15(9-12)28-18-17(14)19(25)23(10-13-5-4-8-26-13)20(21-18)27-11-16(24)22(2)3/h12-13H,4-11H2,1-3H3. The summed E-state index contributed by atoms with van der Waals surface area (Å²) in [4.78, 5) is 34.1. The van der Waals surface area contributed by atoms with E-state index in [0.717, 1.165) is 48.9 Å². The van der Waals surface area contributed by atoms with Gasteiger partial charge in [0.2, 0.25) is 5.91 Å². The Kier molecular flexibility index (Phi) is 5.81. The predicted octanol–water partition coefficient (Wildman–Crippen LogP) is 2.94. The molecular formula is C20H27N3O3S2. The first kappa shape index (κ1) is 19.9. The maximum Gasteiger partial charge on any atom is 0.263 e. The van der Waals surface area contributed by atoms with Crippen molar-refractivity contribution >= 4 is 39.2 Å². The van der Waals surface area contributed by atoms with Gasteiger partial charge in [-0.3, -0.25) is 14.2 Å². The smallest absolute Gasteiger partial charge is 0.263 e. The summed E-state index contributed by atoms with van der Waals surface area (Å²) in [6, 6.07) is 0. The molecule has 0 N–H and O–H groups in total. The average Bonchev–Trinajstić information content (AvgIpc) is 3.28. The molecule has 2 aromatic heterocycles. The summed E-state index contributed by atoms with van der Waals surface area (Å²) in [7, 11) is 3.49. The summed E-state index contributed by atoms with van der Waals surface area (Å²) < 4.78 is 7.54. The number of carbonyl (C=O) groups excluding carboxylic acids is 1. The maximum absolute atomic E-state index is 13.5. The molecule has 0 saturated carbocycles. The second kappa shape index (κ2) is 8.16. The van der Waals surface area contributed by atoms with Crippen LogP contribution in [-0.2, 0) is 28.9 Å². The minimum Gasteiger partial charge on any atom is -0.376 e. The molecule has 2 atom stereocenters. The van der Waals surface area contributed by atoms with Crippen LogP contribution in [0.4, 0.5) is 0 Å². The van der Waals surface area contributed by atoms with Crippen LogP contribution in [0, 0.1) is 5.92 Å². The third kappa shape index (κ3) is 3.86. The molecule has 0 aromatic carbocycles. The number of amides is 1. The summed E-state index contributed by atoms with van der Waals surface area (Å²) >= 11 is 3.01. The number of thioether (sulfide) groups is 1. The first-order valence-corrected chi connectivity index (χ1v) is 11.7. The molecule has 28 heavy (non-hydrogen) atoms. The van der Waals surface area contributed by atoms with Gasteiger partial charge in [0, 0.05) is 25.6 Å². The van der Waals surface area contributed by atoms with Crippen LogP contribution in [0.25, 0.3) is 10.2 Å². The summed E-state index contributed by atoms with van der Waals surface area (Å²) in [6.07, 6.45) is 5.16. The molecule has 1 fully saturated rings. The van der Waals surface area contributed by atoms with Gasteiger partial charge in [0.25, 0.3) is 5.56 Å². The van der Waals surface area contributed by atoms with Gasteiger partial charge in [-0.25, -0.2) is 4.98 Å². The minimum absolute atomic E-state index is 0.0160. The zero-order valence-corrected chi connectivity index (χ0v) is 18.3. The number of hydrogen-bond donors (Lipinski definition) is 0. The summed E-state index contributed by atoms with van der Waals surface area (Å²) in [6.45, 7) is 3.54. The first-order valence-electron chi connectivity index (χ1n) is 9.93. The largest absolute Gasteiger partial charge is 0.376 e. The Morgan fingerprint density at radius 2 is 2.21 bits per heavy atom. The molecule has 6 nitrogen and oxygen atoms in total. The molecule has 0 spiro atoms. The Hall–Kier alpha value is -1.38. The van der Waals surface area contributed by atoms with Gasteiger partial charge in [0.15, 0.2) is 5.16 Å². The second-order valence-electron chi connectivity index (χ2n) is 8.05. The highest BCUT2D eigenvalue weighted by Gasteiger charge is 2.26. The number of fused-ring (bicyclic) bond motifs is 3. The van der Waals surface area contributed by atoms with E-state index in [1.165, 1.54) is 22.2 Å². The zero-order chi connectivity index (χ0) is 19.8. The highest BCUT2D eigenvalue weighted by Crippen LogP contribution is 2.36. The lowest BCUT2D eigenvalue weighted by atomic mass is 9.89. The topological polar surface area (TPSA) is 64.4 Å². The van der Waals surface area contributed by atoms with E-state index >= 15 is 0 Å². The van der Waals surface area contributed by atoms with Crippen molar-refractivity contribution < 1.29 is 9.53 Å². The molecule has 152 valence electrons. The van der Waals surface area contributed by atoms with Gasteiger partial charge < -0.3 is 9.64 Å². The van der Waals surface area contributed by atoms with Gasteiger partial charge in [0.1, 0.15) is 4.83 Å². The molecule has 2 unspecified atom stereocenters. The van der Waals surface area contributed by atoms with Crippen molar-refractivity contribution in [3.05, 3.63) is 20.8 Å². The van der Waals surface area contributed by atoms with Crippen LogP contribution < -0.4 is 5.56 Å². The quantitative estimate of drug-likeness (QED) is 0.549. The molecule has 0 radical (unpaired) electrons. The summed E-state index contributed by atoms with van der Waals surface area (Å²) in [5.74, 6) is 0.946. The molecule has 4 rings (SSSR count). The fourth-order valence-corrected chi connectivity index (χ4v) is 6.33. The SMILES string of the molecule is CC1CCc2c(sc3nc(SCC(=O)N(C)C)n(CC4CCCO4)c(=O)c23)C1. The maximum atomic E-state index is 13.5. The van der Waals surface area contributed by atoms with Crippen LogP contribution in [0.3, 0.4) is 0 Å². The van der Waals surface area contributed by atoms with Crippen LogP contribution in [0.1, 0.15) is 36.6 Å². The average molecular weight is 422 g/mol. The van der Waals surface area contributed by atoms with Crippen molar-refractivity contribution in [2.45, 2.75) is 56.8 Å². The lowest BCUT2D eigenvalue weighted by Gasteiger charge is -2.18. The molecule has 1 aliphatic heterocycles. The van der Waals surface area contributed by atoms with Crippen molar-refractivity contribution in [1.82, 2.24) is 14.5 Å². The second-order valence-corrected chi connectivity index (χ2v) is 10.1. The van der Waals surface area contributed by atoms with Gasteiger partial charge in [0.05, 0.1) is 23.8 Å². The number of nitrogens with zero attached hydrogens (tertiary/aromatic N) is 3. The van der Waals surface area contributed by atoms with Gasteiger partial charge >= 0.3 is 0 Å². The van der Waals surface area contributed by atoms with Crippen LogP contribution in [0.15, 0.2) is 9.95 Å². The Bertz CT molecular complexity index is 944. The van der Waals surface area contributed by atoms with E-state index in [1.54, 1.807) is 34.9 Å². The predicted molar refractivity (Wildman–Crippen MR) is 113 cm³/mol. The molecule has 1 aliphatic carbocycles. The fraction of sp³-hybridized carbons (Fsp3) is 0.650. The number of aromatic nitrogens is 2. The van der Waals surface area contributed by atoms with Crippen molar-refractivity contribution in [3.63, 3.8) is 0 Å². The van der Waals surface area contributed by atoms with Crippen molar-refractivity contribution in [3.8, 4) is 0 Å². The molecule has 2 aromatic rings. The zero-order valence-electron chi connectivity index (χ0n) is 16.7. The lowest BCUT2D eigenvalue weighted by molar-refractivity contribution is -0.125. The number of ether oxygens (including phenoxy) is 1. The Morgan fingerprint density at radius 1 is 1.39 bits per heavy atom. The van der Waals surface area contributed by atoms with E-state index in [4.69, 9.17) is 9.72 Å². The molecule has 0 bridgehead atoms. The van der Waals surface area contributed by atoms with Gasteiger partial charge in [-0.15, -0.1) is 11.3 Å². The van der Waals surface area contributed by atoms with Crippen LogP contribution in [0.5, 0.6) is 0 Å². The van der Waals surface area contributed by atoms with E-state index in [0.29, 0.717) is 17.6 Å². The number of thiophene rings is 1. The van der Waals surface area contributed by atoms with Crippen molar-refractivity contribution in [2.75, 3.05) is 26.5 Å². The van der Waals surface area contributed by atoms with Crippen molar-refractivity contribution in [1.29, 1.82) is 0 Å². The number of carbonyl (C=O) groups is 1. The molecular weight excluding hydrogens is 394 g/mol. The molecule has 3 heterocycles. The Balaban J connectivity index is 1.76. The van der Waals surface area contributed by atoms with E-state index < -0.39 is 0 Å². The molecule has 1 amide bonds. The number of rotatable bonds is 5. The van der Waals surface area contributed by atoms with Crippen LogP contribution in [0.2, 0.25) is 0 Å². The first-order chi connectivity index (χ1) is 13.4. The molecule has 2 aliphatic rings. The minimum atomic E-state index is 0.0160. The summed E-state index contributed by atoms with van der Waals surface area (Å²) in [5.41, 5.74) is 1.24. The summed E-state index contributed by atoms with van der Waals surface area (Å²) in [5, 5.41) is 1.43. The third-order valence-electron chi connectivity index (χ3n) is 5.61. The highest BCUT2D eigenvalue weighted by molar-refractivity contribution is 7.99. The molecule has 8 heteroatoms. The van der Waals surface area contributed by atoms with Crippen molar-refractivity contribution in [2.24, 2.45) is 5.92 Å². The van der Waals surface area contributed by atoms with Gasteiger partial charge in [-0.2, -0.15) is 0 Å². The van der Waals surface area contributed by atoms with E-state index in [9.17, 15) is 9.59 Å². The molecule has 1 saturated heterocycles. The normalized spacial score (nSPS) is 21.8. The van der Waals surface area contributed by atoms with E-state index in [2.05, 4.69) is 6.92 Å². The van der Waals surface area contributed by atoms with Crippen LogP contribution >= 0.6 is 23.1 Å².